The molecule has 130 valence electrons. The maximum absolute atomic E-state index is 12.5. The molecule has 1 aromatic heterocycles. The second-order valence-electron chi connectivity index (χ2n) is 7.03. The Bertz CT molecular complexity index is 571. The highest BCUT2D eigenvalue weighted by Crippen LogP contribution is 2.46. The maximum atomic E-state index is 12.5. The Labute approximate surface area is 147 Å². The fourth-order valence-electron chi connectivity index (χ4n) is 3.82. The molecule has 0 aromatic carbocycles. The number of likely N-dealkylation sites (tertiary alicyclic amines) is 1. The summed E-state index contributed by atoms with van der Waals surface area (Å²) in [5.74, 6) is 1.53. The third-order valence-electron chi connectivity index (χ3n) is 5.21. The second kappa shape index (κ2) is 7.02. The molecule has 5 nitrogen and oxygen atoms in total. The van der Waals surface area contributed by atoms with E-state index >= 15 is 0 Å². The van der Waals surface area contributed by atoms with Gasteiger partial charge in [-0.15, -0.1) is 11.8 Å². The minimum Gasteiger partial charge on any atom is -0.381 e. The minimum absolute atomic E-state index is 0.179. The second-order valence-corrected chi connectivity index (χ2v) is 8.52. The molecule has 3 saturated heterocycles. The highest BCUT2D eigenvalue weighted by Gasteiger charge is 2.51. The van der Waals surface area contributed by atoms with Gasteiger partial charge in [-0.25, -0.2) is 0 Å². The van der Waals surface area contributed by atoms with Crippen LogP contribution >= 0.6 is 11.8 Å². The number of hydrogen-bond donors (Lipinski definition) is 0. The highest BCUT2D eigenvalue weighted by atomic mass is 32.2. The summed E-state index contributed by atoms with van der Waals surface area (Å²) >= 11 is 1.98. The highest BCUT2D eigenvalue weighted by molar-refractivity contribution is 8.01. The first kappa shape index (κ1) is 16.4. The average Bonchev–Trinajstić information content (AvgIpc) is 3.04. The SMILES string of the molecule is O=C(C1CCOCC1)N1CC2(CC(OCc3ccccn3)CS2)C1. The van der Waals surface area contributed by atoms with Crippen molar-refractivity contribution in [2.45, 2.75) is 36.7 Å². The number of pyridine rings is 1. The Kier molecular flexibility index (Phi) is 4.79. The molecule has 1 aromatic rings. The number of amides is 1. The van der Waals surface area contributed by atoms with Crippen LogP contribution in [0.15, 0.2) is 24.4 Å². The molecule has 0 radical (unpaired) electrons. The van der Waals surface area contributed by atoms with E-state index in [0.29, 0.717) is 12.5 Å². The first-order chi connectivity index (χ1) is 11.7. The standard InChI is InChI=1S/C18H24N2O3S/c21-17(14-4-7-22-8-5-14)20-12-18(13-20)9-16(11-24-18)23-10-15-3-1-2-6-19-15/h1-3,6,14,16H,4-5,7-13H2. The monoisotopic (exact) mass is 348 g/mol. The molecule has 1 atom stereocenters. The summed E-state index contributed by atoms with van der Waals surface area (Å²) in [5, 5.41) is 0. The van der Waals surface area contributed by atoms with Crippen LogP contribution in [0.3, 0.4) is 0 Å². The molecule has 3 aliphatic heterocycles. The summed E-state index contributed by atoms with van der Waals surface area (Å²) in [6.45, 7) is 3.81. The fraction of sp³-hybridized carbons (Fsp3) is 0.667. The zero-order valence-corrected chi connectivity index (χ0v) is 14.7. The van der Waals surface area contributed by atoms with Crippen molar-refractivity contribution in [3.8, 4) is 0 Å². The van der Waals surface area contributed by atoms with Gasteiger partial charge in [-0.1, -0.05) is 6.07 Å². The van der Waals surface area contributed by atoms with Crippen LogP contribution in [0.4, 0.5) is 0 Å². The molecule has 3 fully saturated rings. The number of carbonyl (C=O) groups is 1. The van der Waals surface area contributed by atoms with Crippen LogP contribution in [-0.4, -0.2) is 58.7 Å². The molecule has 0 bridgehead atoms. The summed E-state index contributed by atoms with van der Waals surface area (Å²) in [5.41, 5.74) is 0.980. The summed E-state index contributed by atoms with van der Waals surface area (Å²) in [4.78, 5) is 18.9. The van der Waals surface area contributed by atoms with Gasteiger partial charge in [-0.2, -0.15) is 0 Å². The Balaban J connectivity index is 1.23. The number of thioether (sulfide) groups is 1. The van der Waals surface area contributed by atoms with E-state index in [-0.39, 0.29) is 16.8 Å². The van der Waals surface area contributed by atoms with Gasteiger partial charge >= 0.3 is 0 Å². The topological polar surface area (TPSA) is 51.7 Å². The van der Waals surface area contributed by atoms with E-state index in [1.54, 1.807) is 6.20 Å². The van der Waals surface area contributed by atoms with Crippen LogP contribution in [0, 0.1) is 5.92 Å². The third-order valence-corrected chi connectivity index (χ3v) is 6.78. The first-order valence-corrected chi connectivity index (χ1v) is 9.75. The van der Waals surface area contributed by atoms with E-state index in [4.69, 9.17) is 9.47 Å². The number of nitrogens with zero attached hydrogens (tertiary/aromatic N) is 2. The molecule has 0 aliphatic carbocycles. The van der Waals surface area contributed by atoms with Gasteiger partial charge in [-0.05, 0) is 31.4 Å². The first-order valence-electron chi connectivity index (χ1n) is 8.76. The van der Waals surface area contributed by atoms with Gasteiger partial charge in [0.2, 0.25) is 5.91 Å². The zero-order chi connectivity index (χ0) is 16.4. The van der Waals surface area contributed by atoms with E-state index in [9.17, 15) is 4.79 Å². The molecule has 0 N–H and O–H groups in total. The normalized spacial score (nSPS) is 26.5. The van der Waals surface area contributed by atoms with Crippen molar-refractivity contribution in [1.82, 2.24) is 9.88 Å². The summed E-state index contributed by atoms with van der Waals surface area (Å²) in [6, 6.07) is 5.90. The van der Waals surface area contributed by atoms with Gasteiger partial charge in [0, 0.05) is 44.2 Å². The van der Waals surface area contributed by atoms with Crippen molar-refractivity contribution >= 4 is 17.7 Å². The maximum Gasteiger partial charge on any atom is 0.225 e. The van der Waals surface area contributed by atoms with E-state index in [1.807, 2.05) is 34.9 Å². The van der Waals surface area contributed by atoms with E-state index in [1.165, 1.54) is 0 Å². The van der Waals surface area contributed by atoms with Crippen molar-refractivity contribution in [2.75, 3.05) is 32.1 Å². The van der Waals surface area contributed by atoms with Crippen molar-refractivity contribution in [3.05, 3.63) is 30.1 Å². The van der Waals surface area contributed by atoms with Crippen molar-refractivity contribution in [2.24, 2.45) is 5.92 Å². The number of rotatable bonds is 4. The van der Waals surface area contributed by atoms with Crippen LogP contribution in [-0.2, 0) is 20.9 Å². The van der Waals surface area contributed by atoms with Gasteiger partial charge in [0.25, 0.3) is 0 Å². The fourth-order valence-corrected chi connectivity index (χ4v) is 5.38. The molecule has 6 heteroatoms. The van der Waals surface area contributed by atoms with Crippen molar-refractivity contribution < 1.29 is 14.3 Å². The van der Waals surface area contributed by atoms with E-state index < -0.39 is 0 Å². The van der Waals surface area contributed by atoms with Crippen molar-refractivity contribution in [1.29, 1.82) is 0 Å². The number of ether oxygens (including phenoxy) is 2. The Hall–Kier alpha value is -1.11. The van der Waals surface area contributed by atoms with Crippen molar-refractivity contribution in [3.63, 3.8) is 0 Å². The quantitative estimate of drug-likeness (QED) is 0.834. The number of aromatic nitrogens is 1. The third kappa shape index (κ3) is 3.46. The summed E-state index contributed by atoms with van der Waals surface area (Å²) < 4.78 is 11.6. The lowest BCUT2D eigenvalue weighted by Gasteiger charge is -2.48. The lowest BCUT2D eigenvalue weighted by molar-refractivity contribution is -0.144. The molecular weight excluding hydrogens is 324 g/mol. The van der Waals surface area contributed by atoms with Crippen LogP contribution in [0.1, 0.15) is 25.0 Å². The van der Waals surface area contributed by atoms with Gasteiger partial charge in [-0.3, -0.25) is 9.78 Å². The Morgan fingerprint density at radius 2 is 2.21 bits per heavy atom. The largest absolute Gasteiger partial charge is 0.381 e. The number of carbonyl (C=O) groups excluding carboxylic acids is 1. The van der Waals surface area contributed by atoms with E-state index in [0.717, 1.165) is 57.0 Å². The summed E-state index contributed by atoms with van der Waals surface area (Å²) in [7, 11) is 0. The van der Waals surface area contributed by atoms with E-state index in [2.05, 4.69) is 4.98 Å². The molecule has 4 heterocycles. The Morgan fingerprint density at radius 3 is 2.96 bits per heavy atom. The van der Waals surface area contributed by atoms with Gasteiger partial charge < -0.3 is 14.4 Å². The van der Waals surface area contributed by atoms with Crippen LogP contribution in [0.2, 0.25) is 0 Å². The predicted molar refractivity (Wildman–Crippen MR) is 92.7 cm³/mol. The molecule has 4 rings (SSSR count). The van der Waals surface area contributed by atoms with Crippen LogP contribution in [0.25, 0.3) is 0 Å². The lowest BCUT2D eigenvalue weighted by Crippen LogP contribution is -2.62. The predicted octanol–water partition coefficient (Wildman–Crippen LogP) is 2.11. The number of hydrogen-bond acceptors (Lipinski definition) is 5. The molecule has 1 spiro atoms. The van der Waals surface area contributed by atoms with Crippen LogP contribution in [0.5, 0.6) is 0 Å². The van der Waals surface area contributed by atoms with Gasteiger partial charge in [0.05, 0.1) is 23.2 Å². The zero-order valence-electron chi connectivity index (χ0n) is 13.9. The molecular formula is C18H24N2O3S. The Morgan fingerprint density at radius 1 is 1.38 bits per heavy atom. The average molecular weight is 348 g/mol. The molecule has 0 saturated carbocycles. The van der Waals surface area contributed by atoms with Gasteiger partial charge in [0.15, 0.2) is 0 Å². The van der Waals surface area contributed by atoms with Crippen LogP contribution < -0.4 is 0 Å². The molecule has 24 heavy (non-hydrogen) atoms. The molecule has 3 aliphatic rings. The summed E-state index contributed by atoms with van der Waals surface area (Å²) in [6.07, 6.45) is 4.88. The lowest BCUT2D eigenvalue weighted by atomic mass is 9.89. The smallest absolute Gasteiger partial charge is 0.225 e. The molecule has 1 unspecified atom stereocenters. The molecule has 1 amide bonds. The minimum atomic E-state index is 0.179. The van der Waals surface area contributed by atoms with Gasteiger partial charge in [0.1, 0.15) is 0 Å².